The number of aliphatic imine (C=N–C) groups is 1. The Balaban J connectivity index is 2.41. The largest absolute Gasteiger partial charge is 0.476 e. The quantitative estimate of drug-likeness (QED) is 0.644. The third-order valence-corrected chi connectivity index (χ3v) is 1.72. The first-order chi connectivity index (χ1) is 5.77. The van der Waals surface area contributed by atoms with Crippen LogP contribution >= 0.6 is 0 Å². The van der Waals surface area contributed by atoms with Gasteiger partial charge < -0.3 is 9.67 Å². The Morgan fingerprint density at radius 2 is 2.50 bits per heavy atom. The maximum absolute atomic E-state index is 10.5. The van der Waals surface area contributed by atoms with Crippen molar-refractivity contribution in [3.8, 4) is 0 Å². The van der Waals surface area contributed by atoms with Crippen LogP contribution in [0.15, 0.2) is 11.2 Å². The zero-order chi connectivity index (χ0) is 8.55. The fourth-order valence-corrected chi connectivity index (χ4v) is 1.13. The number of imidazole rings is 1. The molecular formula is C7H7N3O2. The van der Waals surface area contributed by atoms with Gasteiger partial charge in [0.25, 0.3) is 0 Å². The highest BCUT2D eigenvalue weighted by Crippen LogP contribution is 2.07. The molecule has 0 unspecified atom stereocenters. The second-order valence-electron chi connectivity index (χ2n) is 2.52. The summed E-state index contributed by atoms with van der Waals surface area (Å²) in [6, 6.07) is 0. The van der Waals surface area contributed by atoms with Crippen LogP contribution < -0.4 is 0 Å². The molecule has 2 heterocycles. The molecule has 1 aliphatic rings. The highest BCUT2D eigenvalue weighted by Gasteiger charge is 2.13. The fourth-order valence-electron chi connectivity index (χ4n) is 1.13. The van der Waals surface area contributed by atoms with E-state index < -0.39 is 5.97 Å². The van der Waals surface area contributed by atoms with Crippen molar-refractivity contribution in [2.24, 2.45) is 4.99 Å². The summed E-state index contributed by atoms with van der Waals surface area (Å²) in [5.41, 5.74) is 0.0931. The Morgan fingerprint density at radius 3 is 3.17 bits per heavy atom. The number of aromatic nitrogens is 2. The summed E-state index contributed by atoms with van der Waals surface area (Å²) in [4.78, 5) is 18.4. The van der Waals surface area contributed by atoms with Crippen molar-refractivity contribution in [3.05, 3.63) is 17.7 Å². The highest BCUT2D eigenvalue weighted by atomic mass is 16.4. The van der Waals surface area contributed by atoms with E-state index in [-0.39, 0.29) is 5.69 Å². The van der Waals surface area contributed by atoms with E-state index in [2.05, 4.69) is 9.98 Å². The molecule has 62 valence electrons. The van der Waals surface area contributed by atoms with E-state index in [1.54, 1.807) is 10.8 Å². The van der Waals surface area contributed by atoms with E-state index in [1.165, 1.54) is 6.20 Å². The summed E-state index contributed by atoms with van der Waals surface area (Å²) in [6.45, 7) is 1.10. The lowest BCUT2D eigenvalue weighted by Gasteiger charge is -2.05. The van der Waals surface area contributed by atoms with Crippen LogP contribution in [0.5, 0.6) is 0 Å². The van der Waals surface area contributed by atoms with Gasteiger partial charge in [-0.25, -0.2) is 9.78 Å². The lowest BCUT2D eigenvalue weighted by atomic mass is 10.5. The standard InChI is InChI=1S/C7H7N3O2/c11-7(12)5-4-10-2-1-8-3-6(10)9-5/h1,4H,2-3H2,(H,11,12). The fraction of sp³-hybridized carbons (Fsp3) is 0.286. The van der Waals surface area contributed by atoms with Gasteiger partial charge in [-0.3, -0.25) is 4.99 Å². The minimum atomic E-state index is -0.989. The lowest BCUT2D eigenvalue weighted by Crippen LogP contribution is -2.07. The topological polar surface area (TPSA) is 67.5 Å². The zero-order valence-electron chi connectivity index (χ0n) is 6.27. The van der Waals surface area contributed by atoms with Gasteiger partial charge in [0.15, 0.2) is 5.69 Å². The van der Waals surface area contributed by atoms with Crippen LogP contribution in [0.3, 0.4) is 0 Å². The smallest absolute Gasteiger partial charge is 0.356 e. The van der Waals surface area contributed by atoms with Gasteiger partial charge in [-0.15, -0.1) is 0 Å². The Morgan fingerprint density at radius 1 is 1.67 bits per heavy atom. The predicted molar refractivity (Wildman–Crippen MR) is 41.4 cm³/mol. The molecular weight excluding hydrogens is 158 g/mol. The molecule has 12 heavy (non-hydrogen) atoms. The van der Waals surface area contributed by atoms with Gasteiger partial charge in [-0.1, -0.05) is 0 Å². The van der Waals surface area contributed by atoms with Gasteiger partial charge in [0.05, 0.1) is 13.1 Å². The first-order valence-corrected chi connectivity index (χ1v) is 3.55. The van der Waals surface area contributed by atoms with Gasteiger partial charge in [-0.2, -0.15) is 0 Å². The van der Waals surface area contributed by atoms with Gasteiger partial charge >= 0.3 is 5.97 Å². The minimum Gasteiger partial charge on any atom is -0.476 e. The summed E-state index contributed by atoms with van der Waals surface area (Å²) in [6.07, 6.45) is 3.28. The summed E-state index contributed by atoms with van der Waals surface area (Å²) in [5.74, 6) is -0.271. The molecule has 5 nitrogen and oxygen atoms in total. The first-order valence-electron chi connectivity index (χ1n) is 3.55. The zero-order valence-corrected chi connectivity index (χ0v) is 6.27. The van der Waals surface area contributed by atoms with Crippen LogP contribution in [0.1, 0.15) is 16.3 Å². The monoisotopic (exact) mass is 165 g/mol. The number of hydrogen-bond acceptors (Lipinski definition) is 3. The Kier molecular flexibility index (Phi) is 1.43. The number of fused-ring (bicyclic) bond motifs is 1. The van der Waals surface area contributed by atoms with Crippen LogP contribution in [-0.4, -0.2) is 26.8 Å². The van der Waals surface area contributed by atoms with Crippen molar-refractivity contribution < 1.29 is 9.90 Å². The Labute approximate surface area is 68.4 Å². The molecule has 1 N–H and O–H groups in total. The molecule has 0 atom stereocenters. The van der Waals surface area contributed by atoms with Crippen molar-refractivity contribution in [3.63, 3.8) is 0 Å². The molecule has 0 bridgehead atoms. The van der Waals surface area contributed by atoms with Crippen molar-refractivity contribution in [1.29, 1.82) is 0 Å². The summed E-state index contributed by atoms with van der Waals surface area (Å²) in [7, 11) is 0. The molecule has 1 aliphatic heterocycles. The molecule has 1 aromatic rings. The Bertz CT molecular complexity index is 328. The van der Waals surface area contributed by atoms with E-state index in [4.69, 9.17) is 5.11 Å². The van der Waals surface area contributed by atoms with Crippen LogP contribution in [-0.2, 0) is 13.1 Å². The molecule has 0 aromatic carbocycles. The molecule has 2 rings (SSSR count). The highest BCUT2D eigenvalue weighted by molar-refractivity contribution is 5.85. The van der Waals surface area contributed by atoms with E-state index in [9.17, 15) is 4.79 Å². The maximum Gasteiger partial charge on any atom is 0.356 e. The molecule has 0 fully saturated rings. The van der Waals surface area contributed by atoms with Crippen LogP contribution in [0.4, 0.5) is 0 Å². The van der Waals surface area contributed by atoms with E-state index in [1.807, 2.05) is 0 Å². The molecule has 0 radical (unpaired) electrons. The van der Waals surface area contributed by atoms with Crippen molar-refractivity contribution in [2.75, 3.05) is 0 Å². The maximum atomic E-state index is 10.5. The molecule has 1 aromatic heterocycles. The molecule has 5 heteroatoms. The van der Waals surface area contributed by atoms with Crippen molar-refractivity contribution in [2.45, 2.75) is 13.1 Å². The van der Waals surface area contributed by atoms with Gasteiger partial charge in [-0.05, 0) is 0 Å². The number of nitrogens with zero attached hydrogens (tertiary/aromatic N) is 3. The SMILES string of the molecule is O=C(O)c1cn2c(n1)CN=CC2. The third-order valence-electron chi connectivity index (χ3n) is 1.72. The van der Waals surface area contributed by atoms with E-state index >= 15 is 0 Å². The van der Waals surface area contributed by atoms with E-state index in [0.717, 1.165) is 5.82 Å². The number of carboxylic acids is 1. The Hall–Kier alpha value is -1.65. The van der Waals surface area contributed by atoms with Crippen LogP contribution in [0, 0.1) is 0 Å². The molecule has 0 saturated carbocycles. The minimum absolute atomic E-state index is 0.0931. The number of hydrogen-bond donors (Lipinski definition) is 1. The number of rotatable bonds is 1. The molecule has 0 aliphatic carbocycles. The summed E-state index contributed by atoms with van der Waals surface area (Å²) in [5, 5.41) is 8.62. The number of carboxylic acid groups (broad SMARTS) is 1. The average molecular weight is 165 g/mol. The molecule has 0 saturated heterocycles. The van der Waals surface area contributed by atoms with Crippen molar-refractivity contribution in [1.82, 2.24) is 9.55 Å². The predicted octanol–water partition coefficient (Wildman–Crippen LogP) is 0.166. The second kappa shape index (κ2) is 2.44. The van der Waals surface area contributed by atoms with Crippen LogP contribution in [0.2, 0.25) is 0 Å². The van der Waals surface area contributed by atoms with Gasteiger partial charge in [0.1, 0.15) is 5.82 Å². The van der Waals surface area contributed by atoms with Gasteiger partial charge in [0, 0.05) is 12.4 Å². The second-order valence-corrected chi connectivity index (χ2v) is 2.52. The summed E-state index contributed by atoms with van der Waals surface area (Å²) >= 11 is 0. The number of carbonyl (C=O) groups is 1. The lowest BCUT2D eigenvalue weighted by molar-refractivity contribution is 0.0691. The average Bonchev–Trinajstić information content (AvgIpc) is 2.46. The number of aromatic carboxylic acids is 1. The normalized spacial score (nSPS) is 14.3. The third kappa shape index (κ3) is 0.990. The van der Waals surface area contributed by atoms with Crippen molar-refractivity contribution >= 4 is 12.2 Å². The first kappa shape index (κ1) is 7.02. The molecule has 0 amide bonds. The van der Waals surface area contributed by atoms with Crippen LogP contribution in [0.25, 0.3) is 0 Å². The van der Waals surface area contributed by atoms with Gasteiger partial charge in [0.2, 0.25) is 0 Å². The van der Waals surface area contributed by atoms with E-state index in [0.29, 0.717) is 13.1 Å². The molecule has 0 spiro atoms. The summed E-state index contributed by atoms with van der Waals surface area (Å²) < 4.78 is 1.79.